The van der Waals surface area contributed by atoms with E-state index < -0.39 is 29.9 Å². The highest BCUT2D eigenvalue weighted by atomic mass is 19.1. The molecule has 7 heteroatoms. The Labute approximate surface area is 143 Å². The highest BCUT2D eigenvalue weighted by Gasteiger charge is 2.34. The van der Waals surface area contributed by atoms with Gasteiger partial charge in [0.05, 0.1) is 0 Å². The van der Waals surface area contributed by atoms with Gasteiger partial charge in [-0.2, -0.15) is 0 Å². The van der Waals surface area contributed by atoms with Gasteiger partial charge in [0, 0.05) is 6.54 Å². The largest absolute Gasteiger partial charge is 0.453 e. The Hall–Kier alpha value is -2.80. The number of hydrogen-bond acceptors (Lipinski definition) is 4. The van der Waals surface area contributed by atoms with Crippen molar-refractivity contribution in [2.75, 3.05) is 6.61 Å². The molecule has 0 aliphatic heterocycles. The van der Waals surface area contributed by atoms with Gasteiger partial charge in [0.1, 0.15) is 11.6 Å². The highest BCUT2D eigenvalue weighted by molar-refractivity contribution is 5.84. The minimum absolute atomic E-state index is 0.0178. The van der Waals surface area contributed by atoms with E-state index in [0.29, 0.717) is 5.56 Å². The van der Waals surface area contributed by atoms with Crippen LogP contribution in [0, 0.1) is 11.6 Å². The summed E-state index contributed by atoms with van der Waals surface area (Å²) in [5.74, 6) is -2.66. The number of halogens is 2. The van der Waals surface area contributed by atoms with Gasteiger partial charge in [-0.25, -0.2) is 13.6 Å². The number of amides is 1. The van der Waals surface area contributed by atoms with Crippen LogP contribution in [0.1, 0.15) is 18.1 Å². The normalized spacial score (nSPS) is 13.0. The average molecular weight is 349 g/mol. The Morgan fingerprint density at radius 1 is 1.12 bits per heavy atom. The highest BCUT2D eigenvalue weighted by Crippen LogP contribution is 2.22. The van der Waals surface area contributed by atoms with Crippen LogP contribution in [0.5, 0.6) is 0 Å². The fourth-order valence-corrected chi connectivity index (χ4v) is 2.03. The molecule has 1 amide bonds. The van der Waals surface area contributed by atoms with E-state index in [1.54, 1.807) is 0 Å². The van der Waals surface area contributed by atoms with Gasteiger partial charge in [0.15, 0.2) is 12.2 Å². The number of hydrogen-bond donors (Lipinski definition) is 2. The molecule has 0 fully saturated rings. The molecule has 1 atom stereocenters. The van der Waals surface area contributed by atoms with E-state index in [2.05, 4.69) is 5.32 Å². The second-order valence-corrected chi connectivity index (χ2v) is 5.56. The molecule has 0 aliphatic carbocycles. The van der Waals surface area contributed by atoms with Gasteiger partial charge < -0.3 is 15.2 Å². The van der Waals surface area contributed by atoms with Crippen LogP contribution >= 0.6 is 0 Å². The molecule has 2 aromatic rings. The Morgan fingerprint density at radius 3 is 2.44 bits per heavy atom. The maximum absolute atomic E-state index is 13.2. The van der Waals surface area contributed by atoms with Gasteiger partial charge >= 0.3 is 5.97 Å². The summed E-state index contributed by atoms with van der Waals surface area (Å²) in [6, 6.07) is 10.5. The third-order valence-corrected chi connectivity index (χ3v) is 3.52. The lowest BCUT2D eigenvalue weighted by Crippen LogP contribution is -2.37. The summed E-state index contributed by atoms with van der Waals surface area (Å²) in [6.45, 7) is 0.684. The second kappa shape index (κ2) is 7.85. The maximum atomic E-state index is 13.2. The quantitative estimate of drug-likeness (QED) is 0.783. The van der Waals surface area contributed by atoms with Crippen LogP contribution in [0.25, 0.3) is 0 Å². The fourth-order valence-electron chi connectivity index (χ4n) is 2.03. The minimum Gasteiger partial charge on any atom is -0.453 e. The summed E-state index contributed by atoms with van der Waals surface area (Å²) in [6.07, 6.45) is 0. The molecular weight excluding hydrogens is 332 g/mol. The number of carbonyl (C=O) groups is 2. The molecule has 2 N–H and O–H groups in total. The smallest absolute Gasteiger partial charge is 0.343 e. The first-order valence-electron chi connectivity index (χ1n) is 7.46. The van der Waals surface area contributed by atoms with E-state index in [1.807, 2.05) is 0 Å². The number of carbonyl (C=O) groups excluding carboxylic acids is 2. The molecule has 25 heavy (non-hydrogen) atoms. The molecule has 2 aromatic carbocycles. The van der Waals surface area contributed by atoms with Crippen molar-refractivity contribution in [1.29, 1.82) is 0 Å². The summed E-state index contributed by atoms with van der Waals surface area (Å²) in [5.41, 5.74) is -1.39. The first kappa shape index (κ1) is 18.5. The molecule has 0 spiro atoms. The molecule has 132 valence electrons. The van der Waals surface area contributed by atoms with Crippen molar-refractivity contribution >= 4 is 11.9 Å². The summed E-state index contributed by atoms with van der Waals surface area (Å²) >= 11 is 0. The van der Waals surface area contributed by atoms with Crippen LogP contribution in [-0.2, 0) is 26.5 Å². The van der Waals surface area contributed by atoms with Crippen LogP contribution in [0.2, 0.25) is 0 Å². The third-order valence-electron chi connectivity index (χ3n) is 3.52. The molecule has 0 heterocycles. The number of esters is 1. The van der Waals surface area contributed by atoms with Crippen molar-refractivity contribution in [3.05, 3.63) is 71.3 Å². The molecule has 0 radical (unpaired) electrons. The summed E-state index contributed by atoms with van der Waals surface area (Å²) < 4.78 is 30.8. The van der Waals surface area contributed by atoms with E-state index in [1.165, 1.54) is 42.5 Å². The Balaban J connectivity index is 1.86. The monoisotopic (exact) mass is 349 g/mol. The lowest BCUT2D eigenvalue weighted by molar-refractivity contribution is -0.167. The Bertz CT molecular complexity index is 760. The van der Waals surface area contributed by atoms with Crippen LogP contribution in [0.3, 0.4) is 0 Å². The van der Waals surface area contributed by atoms with Crippen molar-refractivity contribution in [2.24, 2.45) is 0 Å². The molecule has 0 aromatic heterocycles. The summed E-state index contributed by atoms with van der Waals surface area (Å²) in [4.78, 5) is 23.7. The Morgan fingerprint density at radius 2 is 1.80 bits per heavy atom. The molecular formula is C18H17F2NO4. The number of aliphatic hydroxyl groups is 1. The predicted molar refractivity (Wildman–Crippen MR) is 85.2 cm³/mol. The molecule has 5 nitrogen and oxygen atoms in total. The molecule has 0 unspecified atom stereocenters. The van der Waals surface area contributed by atoms with E-state index in [9.17, 15) is 23.5 Å². The molecule has 0 bridgehead atoms. The molecule has 0 saturated carbocycles. The Kier molecular flexibility index (Phi) is 5.82. The summed E-state index contributed by atoms with van der Waals surface area (Å²) in [5, 5.41) is 12.7. The zero-order valence-corrected chi connectivity index (χ0v) is 13.5. The average Bonchev–Trinajstić information content (AvgIpc) is 2.59. The first-order chi connectivity index (χ1) is 11.8. The van der Waals surface area contributed by atoms with Gasteiger partial charge in [0.25, 0.3) is 5.91 Å². The maximum Gasteiger partial charge on any atom is 0.343 e. The van der Waals surface area contributed by atoms with E-state index in [4.69, 9.17) is 4.74 Å². The van der Waals surface area contributed by atoms with Crippen LogP contribution in [-0.4, -0.2) is 23.6 Å². The van der Waals surface area contributed by atoms with E-state index in [0.717, 1.165) is 13.0 Å². The zero-order valence-electron chi connectivity index (χ0n) is 13.5. The van der Waals surface area contributed by atoms with Crippen molar-refractivity contribution in [2.45, 2.75) is 19.1 Å². The van der Waals surface area contributed by atoms with E-state index >= 15 is 0 Å². The molecule has 0 aliphatic rings. The van der Waals surface area contributed by atoms with Gasteiger partial charge in [0.2, 0.25) is 0 Å². The van der Waals surface area contributed by atoms with Gasteiger partial charge in [-0.3, -0.25) is 4.79 Å². The first-order valence-corrected chi connectivity index (χ1v) is 7.46. The number of rotatable bonds is 6. The molecule has 0 saturated heterocycles. The standard InChI is InChI=1S/C18H17F2NO4/c1-18(24,13-3-2-4-15(20)9-13)17(23)25-11-16(22)21-10-12-5-7-14(19)8-6-12/h2-9,24H,10-11H2,1H3,(H,21,22)/t18-/m0/s1. The molecule has 2 rings (SSSR count). The number of nitrogens with one attached hydrogen (secondary N) is 1. The predicted octanol–water partition coefficient (Wildman–Crippen LogP) is 2.03. The van der Waals surface area contributed by atoms with Crippen molar-refractivity contribution < 1.29 is 28.2 Å². The third kappa shape index (κ3) is 5.09. The lowest BCUT2D eigenvalue weighted by Gasteiger charge is -2.21. The topological polar surface area (TPSA) is 75.6 Å². The number of benzene rings is 2. The van der Waals surface area contributed by atoms with Crippen molar-refractivity contribution in [1.82, 2.24) is 5.32 Å². The number of ether oxygens (including phenoxy) is 1. The van der Waals surface area contributed by atoms with Gasteiger partial charge in [-0.15, -0.1) is 0 Å². The zero-order chi connectivity index (χ0) is 18.4. The van der Waals surface area contributed by atoms with Crippen molar-refractivity contribution in [3.8, 4) is 0 Å². The van der Waals surface area contributed by atoms with Gasteiger partial charge in [-0.1, -0.05) is 24.3 Å². The van der Waals surface area contributed by atoms with Crippen LogP contribution < -0.4 is 5.32 Å². The summed E-state index contributed by atoms with van der Waals surface area (Å²) in [7, 11) is 0. The van der Waals surface area contributed by atoms with Crippen molar-refractivity contribution in [3.63, 3.8) is 0 Å². The lowest BCUT2D eigenvalue weighted by atomic mass is 9.96. The van der Waals surface area contributed by atoms with Gasteiger partial charge in [-0.05, 0) is 42.3 Å². The van der Waals surface area contributed by atoms with Crippen LogP contribution in [0.15, 0.2) is 48.5 Å². The van der Waals surface area contributed by atoms with E-state index in [-0.39, 0.29) is 17.9 Å². The SMILES string of the molecule is C[C@@](O)(C(=O)OCC(=O)NCc1ccc(F)cc1)c1cccc(F)c1. The van der Waals surface area contributed by atoms with Crippen LogP contribution in [0.4, 0.5) is 8.78 Å². The second-order valence-electron chi connectivity index (χ2n) is 5.56. The fraction of sp³-hybridized carbons (Fsp3) is 0.222. The minimum atomic E-state index is -2.08.